The Morgan fingerprint density at radius 3 is 2.79 bits per heavy atom. The van der Waals surface area contributed by atoms with Crippen LogP contribution in [0.3, 0.4) is 0 Å². The Kier molecular flexibility index (Phi) is 6.53. The molecule has 1 fully saturated rings. The minimum atomic E-state index is -0.613. The standard InChI is InChI=1S/C17H23FN4O2/c1-21-7-5-14(6-8-21)22(9-10-24-2)17(23)20-16-4-3-13(12-19)11-15(16)18/h3-4,11,14H,5-10H2,1-2H3,(H,20,23). The van der Waals surface area contributed by atoms with Crippen LogP contribution in [0.15, 0.2) is 18.2 Å². The third-order valence-electron chi connectivity index (χ3n) is 4.27. The summed E-state index contributed by atoms with van der Waals surface area (Å²) in [7, 11) is 3.65. The number of likely N-dealkylation sites (tertiary alicyclic amines) is 1. The third kappa shape index (κ3) is 4.66. The van der Waals surface area contributed by atoms with Crippen molar-refractivity contribution in [1.82, 2.24) is 9.80 Å². The predicted octanol–water partition coefficient (Wildman–Crippen LogP) is 2.27. The van der Waals surface area contributed by atoms with Gasteiger partial charge in [0, 0.05) is 19.7 Å². The van der Waals surface area contributed by atoms with Gasteiger partial charge in [0.2, 0.25) is 0 Å². The van der Waals surface area contributed by atoms with Crippen molar-refractivity contribution in [3.05, 3.63) is 29.6 Å². The van der Waals surface area contributed by atoms with E-state index in [0.717, 1.165) is 32.0 Å². The molecule has 1 aliphatic heterocycles. The molecule has 24 heavy (non-hydrogen) atoms. The number of benzene rings is 1. The molecule has 0 saturated carbocycles. The Bertz CT molecular complexity index is 609. The number of nitriles is 1. The van der Waals surface area contributed by atoms with E-state index < -0.39 is 5.82 Å². The number of rotatable bonds is 5. The summed E-state index contributed by atoms with van der Waals surface area (Å²) in [4.78, 5) is 16.6. The van der Waals surface area contributed by atoms with Crippen LogP contribution in [0.4, 0.5) is 14.9 Å². The van der Waals surface area contributed by atoms with Gasteiger partial charge in [-0.15, -0.1) is 0 Å². The first-order chi connectivity index (χ1) is 11.5. The van der Waals surface area contributed by atoms with Crippen molar-refractivity contribution < 1.29 is 13.9 Å². The van der Waals surface area contributed by atoms with E-state index in [1.807, 2.05) is 6.07 Å². The number of nitrogens with zero attached hydrogens (tertiary/aromatic N) is 3. The van der Waals surface area contributed by atoms with E-state index in [1.165, 1.54) is 12.1 Å². The Labute approximate surface area is 141 Å². The van der Waals surface area contributed by atoms with Crippen molar-refractivity contribution in [2.24, 2.45) is 0 Å². The summed E-state index contributed by atoms with van der Waals surface area (Å²) in [5, 5.41) is 11.4. The summed E-state index contributed by atoms with van der Waals surface area (Å²) >= 11 is 0. The fourth-order valence-corrected chi connectivity index (χ4v) is 2.82. The summed E-state index contributed by atoms with van der Waals surface area (Å²) in [6.45, 7) is 2.73. The van der Waals surface area contributed by atoms with E-state index in [2.05, 4.69) is 17.3 Å². The number of carbonyl (C=O) groups excluding carboxylic acids is 1. The minimum Gasteiger partial charge on any atom is -0.383 e. The molecular weight excluding hydrogens is 311 g/mol. The molecular formula is C17H23FN4O2. The molecule has 7 heteroatoms. The first-order valence-corrected chi connectivity index (χ1v) is 8.00. The van der Waals surface area contributed by atoms with Gasteiger partial charge in [-0.25, -0.2) is 9.18 Å². The molecule has 1 aromatic rings. The Morgan fingerprint density at radius 2 is 2.21 bits per heavy atom. The van der Waals surface area contributed by atoms with E-state index in [4.69, 9.17) is 10.00 Å². The molecule has 6 nitrogen and oxygen atoms in total. The quantitative estimate of drug-likeness (QED) is 0.897. The number of ether oxygens (including phenoxy) is 1. The summed E-state index contributed by atoms with van der Waals surface area (Å²) in [5.41, 5.74) is 0.298. The molecule has 1 N–H and O–H groups in total. The van der Waals surface area contributed by atoms with Crippen molar-refractivity contribution in [3.8, 4) is 6.07 Å². The van der Waals surface area contributed by atoms with Gasteiger partial charge in [0.15, 0.2) is 0 Å². The maximum absolute atomic E-state index is 14.0. The summed E-state index contributed by atoms with van der Waals surface area (Å²) in [6.07, 6.45) is 1.76. The zero-order chi connectivity index (χ0) is 17.5. The first-order valence-electron chi connectivity index (χ1n) is 8.00. The molecule has 1 aliphatic rings. The van der Waals surface area contributed by atoms with E-state index in [1.54, 1.807) is 12.0 Å². The second kappa shape index (κ2) is 8.62. The highest BCUT2D eigenvalue weighted by molar-refractivity contribution is 5.89. The average Bonchev–Trinajstić information content (AvgIpc) is 2.58. The number of hydrogen-bond donors (Lipinski definition) is 1. The number of carbonyl (C=O) groups is 1. The smallest absolute Gasteiger partial charge is 0.322 e. The lowest BCUT2D eigenvalue weighted by Gasteiger charge is -2.37. The van der Waals surface area contributed by atoms with Gasteiger partial charge in [-0.2, -0.15) is 5.26 Å². The van der Waals surface area contributed by atoms with Crippen LogP contribution in [0.1, 0.15) is 18.4 Å². The molecule has 0 bridgehead atoms. The van der Waals surface area contributed by atoms with Crippen LogP contribution in [0.5, 0.6) is 0 Å². The van der Waals surface area contributed by atoms with Gasteiger partial charge >= 0.3 is 6.03 Å². The second-order valence-electron chi connectivity index (χ2n) is 5.96. The third-order valence-corrected chi connectivity index (χ3v) is 4.27. The van der Waals surface area contributed by atoms with Crippen LogP contribution in [0.2, 0.25) is 0 Å². The molecule has 0 aliphatic carbocycles. The molecule has 130 valence electrons. The van der Waals surface area contributed by atoms with Crippen LogP contribution < -0.4 is 5.32 Å². The normalized spacial score (nSPS) is 15.8. The van der Waals surface area contributed by atoms with Crippen molar-refractivity contribution in [2.75, 3.05) is 45.7 Å². The zero-order valence-electron chi connectivity index (χ0n) is 14.1. The number of nitrogens with one attached hydrogen (secondary N) is 1. The number of methoxy groups -OCH3 is 1. The SMILES string of the molecule is COCCN(C(=O)Nc1ccc(C#N)cc1F)C1CCN(C)CC1. The molecule has 0 atom stereocenters. The van der Waals surface area contributed by atoms with Crippen molar-refractivity contribution in [2.45, 2.75) is 18.9 Å². The minimum absolute atomic E-state index is 0.0781. The van der Waals surface area contributed by atoms with Gasteiger partial charge in [0.25, 0.3) is 0 Å². The number of hydrogen-bond acceptors (Lipinski definition) is 4. The van der Waals surface area contributed by atoms with Gasteiger partial charge < -0.3 is 19.9 Å². The number of halogens is 1. The van der Waals surface area contributed by atoms with Crippen LogP contribution >= 0.6 is 0 Å². The number of amides is 2. The van der Waals surface area contributed by atoms with E-state index >= 15 is 0 Å². The molecule has 1 aromatic carbocycles. The highest BCUT2D eigenvalue weighted by Gasteiger charge is 2.27. The first kappa shape index (κ1) is 18.2. The molecule has 0 spiro atoms. The molecule has 0 aromatic heterocycles. The zero-order valence-corrected chi connectivity index (χ0v) is 14.1. The van der Waals surface area contributed by atoms with E-state index in [0.29, 0.717) is 13.2 Å². The molecule has 1 saturated heterocycles. The summed E-state index contributed by atoms with van der Waals surface area (Å²) in [5.74, 6) is -0.613. The highest BCUT2D eigenvalue weighted by Crippen LogP contribution is 2.19. The fraction of sp³-hybridized carbons (Fsp3) is 0.529. The molecule has 2 rings (SSSR count). The second-order valence-corrected chi connectivity index (χ2v) is 5.96. The van der Waals surface area contributed by atoms with E-state index in [-0.39, 0.29) is 23.3 Å². The average molecular weight is 334 g/mol. The summed E-state index contributed by atoms with van der Waals surface area (Å²) < 4.78 is 19.1. The maximum Gasteiger partial charge on any atom is 0.322 e. The van der Waals surface area contributed by atoms with E-state index in [9.17, 15) is 9.18 Å². The Balaban J connectivity index is 2.08. The largest absolute Gasteiger partial charge is 0.383 e. The van der Waals surface area contributed by atoms with Gasteiger partial charge in [0.1, 0.15) is 5.82 Å². The van der Waals surface area contributed by atoms with Gasteiger partial charge in [-0.3, -0.25) is 0 Å². The maximum atomic E-state index is 14.0. The lowest BCUT2D eigenvalue weighted by Crippen LogP contribution is -2.49. The topological polar surface area (TPSA) is 68.6 Å². The van der Waals surface area contributed by atoms with Gasteiger partial charge in [-0.05, 0) is 51.2 Å². The Hall–Kier alpha value is -2.17. The van der Waals surface area contributed by atoms with Crippen molar-refractivity contribution in [3.63, 3.8) is 0 Å². The predicted molar refractivity (Wildman–Crippen MR) is 89.2 cm³/mol. The molecule has 1 heterocycles. The van der Waals surface area contributed by atoms with Gasteiger partial charge in [0.05, 0.1) is 23.9 Å². The fourth-order valence-electron chi connectivity index (χ4n) is 2.82. The summed E-state index contributed by atoms with van der Waals surface area (Å²) in [6, 6.07) is 5.64. The van der Waals surface area contributed by atoms with Crippen LogP contribution in [0.25, 0.3) is 0 Å². The highest BCUT2D eigenvalue weighted by atomic mass is 19.1. The van der Waals surface area contributed by atoms with Crippen molar-refractivity contribution in [1.29, 1.82) is 5.26 Å². The van der Waals surface area contributed by atoms with Crippen molar-refractivity contribution >= 4 is 11.7 Å². The number of urea groups is 1. The monoisotopic (exact) mass is 334 g/mol. The lowest BCUT2D eigenvalue weighted by molar-refractivity contribution is 0.108. The Morgan fingerprint density at radius 1 is 1.50 bits per heavy atom. The lowest BCUT2D eigenvalue weighted by atomic mass is 10.0. The van der Waals surface area contributed by atoms with Crippen LogP contribution in [0, 0.1) is 17.1 Å². The van der Waals surface area contributed by atoms with Crippen LogP contribution in [-0.4, -0.2) is 62.3 Å². The molecule has 0 radical (unpaired) electrons. The molecule has 2 amide bonds. The van der Waals surface area contributed by atoms with Crippen LogP contribution in [-0.2, 0) is 4.74 Å². The number of anilines is 1. The molecule has 0 unspecified atom stereocenters. The number of piperidine rings is 1. The van der Waals surface area contributed by atoms with Gasteiger partial charge in [-0.1, -0.05) is 0 Å².